The van der Waals surface area contributed by atoms with E-state index < -0.39 is 10.0 Å². The third kappa shape index (κ3) is 3.87. The van der Waals surface area contributed by atoms with Crippen molar-refractivity contribution < 1.29 is 13.2 Å². The van der Waals surface area contributed by atoms with Crippen LogP contribution in [0.3, 0.4) is 0 Å². The highest BCUT2D eigenvalue weighted by Crippen LogP contribution is 2.30. The molecule has 1 N–H and O–H groups in total. The van der Waals surface area contributed by atoms with Crippen LogP contribution in [-0.4, -0.2) is 40.8 Å². The van der Waals surface area contributed by atoms with Crippen LogP contribution < -0.4 is 4.74 Å². The molecule has 4 heterocycles. The highest BCUT2D eigenvalue weighted by atomic mass is 32.2. The number of rotatable bonds is 6. The molecule has 0 atom stereocenters. The molecule has 164 valence electrons. The lowest BCUT2D eigenvalue weighted by Crippen LogP contribution is -2.27. The molecule has 0 bridgehead atoms. The summed E-state index contributed by atoms with van der Waals surface area (Å²) in [5.74, 6) is 0.745. The number of hydrogen-bond donors (Lipinski definition) is 1. The van der Waals surface area contributed by atoms with Gasteiger partial charge in [0, 0.05) is 30.9 Å². The number of ether oxygens (including phenoxy) is 1. The zero-order chi connectivity index (χ0) is 22.1. The Kier molecular flexibility index (Phi) is 5.40. The van der Waals surface area contributed by atoms with Crippen LogP contribution in [-0.2, 0) is 16.6 Å². The van der Waals surface area contributed by atoms with E-state index in [9.17, 15) is 8.42 Å². The van der Waals surface area contributed by atoms with E-state index in [1.165, 1.54) is 0 Å². The van der Waals surface area contributed by atoms with E-state index >= 15 is 0 Å². The van der Waals surface area contributed by atoms with Crippen LogP contribution in [0.5, 0.6) is 5.75 Å². The number of nitrogens with one attached hydrogen (secondary N) is 1. The summed E-state index contributed by atoms with van der Waals surface area (Å²) in [6.07, 6.45) is 5.33. The number of benzene rings is 1. The van der Waals surface area contributed by atoms with Gasteiger partial charge in [-0.2, -0.15) is 4.31 Å². The molecule has 1 saturated heterocycles. The Morgan fingerprint density at radius 3 is 2.56 bits per heavy atom. The van der Waals surface area contributed by atoms with Gasteiger partial charge in [0.05, 0.1) is 16.3 Å². The predicted molar refractivity (Wildman–Crippen MR) is 123 cm³/mol. The van der Waals surface area contributed by atoms with Crippen molar-refractivity contribution >= 4 is 21.1 Å². The van der Waals surface area contributed by atoms with Gasteiger partial charge in [-0.15, -0.1) is 0 Å². The second kappa shape index (κ2) is 8.37. The lowest BCUT2D eigenvalue weighted by atomic mass is 10.0. The highest BCUT2D eigenvalue weighted by molar-refractivity contribution is 7.89. The highest BCUT2D eigenvalue weighted by Gasteiger charge is 2.27. The minimum absolute atomic E-state index is 0.337. The van der Waals surface area contributed by atoms with Gasteiger partial charge in [-0.05, 0) is 67.3 Å². The molecule has 1 aliphatic heterocycles. The van der Waals surface area contributed by atoms with Crippen LogP contribution in [0.4, 0.5) is 0 Å². The Bertz CT molecular complexity index is 1360. The molecule has 0 unspecified atom stereocenters. The fraction of sp³-hybridized carbons (Fsp3) is 0.250. The minimum Gasteiger partial charge on any atom is -0.485 e. The zero-order valence-electron chi connectivity index (χ0n) is 17.8. The average Bonchev–Trinajstić information content (AvgIpc) is 3.49. The molecule has 1 fully saturated rings. The Morgan fingerprint density at radius 2 is 1.81 bits per heavy atom. The number of aryl methyl sites for hydroxylation is 1. The van der Waals surface area contributed by atoms with Crippen molar-refractivity contribution in [2.75, 3.05) is 13.1 Å². The monoisotopic (exact) mass is 448 g/mol. The fourth-order valence-electron chi connectivity index (χ4n) is 4.07. The van der Waals surface area contributed by atoms with Crippen molar-refractivity contribution in [1.29, 1.82) is 0 Å². The van der Waals surface area contributed by atoms with E-state index in [1.807, 2.05) is 43.3 Å². The van der Waals surface area contributed by atoms with Crippen molar-refractivity contribution in [3.05, 3.63) is 72.3 Å². The smallest absolute Gasteiger partial charge is 0.243 e. The quantitative estimate of drug-likeness (QED) is 0.475. The molecule has 32 heavy (non-hydrogen) atoms. The first-order valence-electron chi connectivity index (χ1n) is 10.6. The molecule has 0 aliphatic carbocycles. The average molecular weight is 449 g/mol. The first kappa shape index (κ1) is 20.7. The van der Waals surface area contributed by atoms with E-state index in [1.54, 1.807) is 28.8 Å². The predicted octanol–water partition coefficient (Wildman–Crippen LogP) is 4.30. The minimum atomic E-state index is -3.42. The molecule has 0 amide bonds. The topological polar surface area (TPSA) is 88.2 Å². The Morgan fingerprint density at radius 1 is 1.03 bits per heavy atom. The summed E-state index contributed by atoms with van der Waals surface area (Å²) in [4.78, 5) is 12.3. The number of pyridine rings is 2. The van der Waals surface area contributed by atoms with Gasteiger partial charge < -0.3 is 9.72 Å². The van der Waals surface area contributed by atoms with Crippen molar-refractivity contribution in [3.63, 3.8) is 0 Å². The van der Waals surface area contributed by atoms with Crippen LogP contribution in [0.25, 0.3) is 22.2 Å². The molecule has 1 aliphatic rings. The molecule has 0 saturated carbocycles. The molecular weight excluding hydrogens is 424 g/mol. The SMILES string of the molecule is Cc1ncccc1OCc1cc2c(-c3ccc(S(=O)(=O)N4CCCC4)cc3)ccnc2[nH]1. The summed E-state index contributed by atoms with van der Waals surface area (Å²) in [5.41, 5.74) is 4.42. The summed E-state index contributed by atoms with van der Waals surface area (Å²) in [7, 11) is -3.42. The van der Waals surface area contributed by atoms with E-state index in [-0.39, 0.29) is 0 Å². The number of hydrogen-bond acceptors (Lipinski definition) is 5. The fourth-order valence-corrected chi connectivity index (χ4v) is 5.59. The van der Waals surface area contributed by atoms with Gasteiger partial charge in [0.15, 0.2) is 0 Å². The Hall–Kier alpha value is -3.23. The summed E-state index contributed by atoms with van der Waals surface area (Å²) in [6, 6.07) is 14.8. The second-order valence-electron chi connectivity index (χ2n) is 7.93. The van der Waals surface area contributed by atoms with Crippen molar-refractivity contribution in [3.8, 4) is 16.9 Å². The van der Waals surface area contributed by atoms with Crippen molar-refractivity contribution in [1.82, 2.24) is 19.3 Å². The summed E-state index contributed by atoms with van der Waals surface area (Å²) < 4.78 is 33.1. The Labute approximate surface area is 187 Å². The molecule has 0 radical (unpaired) electrons. The largest absolute Gasteiger partial charge is 0.485 e. The number of fused-ring (bicyclic) bond motifs is 1. The summed E-state index contributed by atoms with van der Waals surface area (Å²) in [6.45, 7) is 3.48. The Balaban J connectivity index is 1.41. The van der Waals surface area contributed by atoms with Crippen molar-refractivity contribution in [2.24, 2.45) is 0 Å². The third-order valence-corrected chi connectivity index (χ3v) is 7.71. The van der Waals surface area contributed by atoms with Gasteiger partial charge in [0.25, 0.3) is 0 Å². The van der Waals surface area contributed by atoms with Crippen molar-refractivity contribution in [2.45, 2.75) is 31.3 Å². The van der Waals surface area contributed by atoms with E-state index in [2.05, 4.69) is 15.0 Å². The van der Waals surface area contributed by atoms with Crippen LogP contribution in [0.15, 0.2) is 65.8 Å². The number of aromatic amines is 1. The van der Waals surface area contributed by atoms with Gasteiger partial charge in [-0.1, -0.05) is 12.1 Å². The first-order valence-corrected chi connectivity index (χ1v) is 12.1. The van der Waals surface area contributed by atoms with E-state index in [4.69, 9.17) is 4.74 Å². The number of sulfonamides is 1. The third-order valence-electron chi connectivity index (χ3n) is 5.80. The van der Waals surface area contributed by atoms with E-state index in [0.717, 1.165) is 52.1 Å². The normalized spacial score (nSPS) is 14.8. The van der Waals surface area contributed by atoms with Gasteiger partial charge in [-0.3, -0.25) is 4.98 Å². The molecule has 4 aromatic rings. The summed E-state index contributed by atoms with van der Waals surface area (Å²) in [5, 5.41) is 0.962. The number of nitrogens with zero attached hydrogens (tertiary/aromatic N) is 3. The maximum atomic E-state index is 12.8. The van der Waals surface area contributed by atoms with Gasteiger partial charge in [0.2, 0.25) is 10.0 Å². The number of H-pyrrole nitrogens is 1. The lowest BCUT2D eigenvalue weighted by Gasteiger charge is -2.15. The first-order chi connectivity index (χ1) is 15.5. The molecule has 3 aromatic heterocycles. The standard InChI is InChI=1S/C24H24N4O3S/c1-17-23(5-4-11-25-17)31-16-19-15-22-21(10-12-26-24(22)27-19)18-6-8-20(9-7-18)32(29,30)28-13-2-3-14-28/h4-12,15H,2-3,13-14,16H2,1H3,(H,26,27). The van der Waals surface area contributed by atoms with E-state index in [0.29, 0.717) is 24.6 Å². The van der Waals surface area contributed by atoms with Crippen LogP contribution in [0, 0.1) is 6.92 Å². The molecule has 1 aromatic carbocycles. The lowest BCUT2D eigenvalue weighted by molar-refractivity contribution is 0.298. The molecule has 5 rings (SSSR count). The maximum absolute atomic E-state index is 12.8. The van der Waals surface area contributed by atoms with Crippen LogP contribution in [0.2, 0.25) is 0 Å². The summed E-state index contributed by atoms with van der Waals surface area (Å²) >= 11 is 0. The molecule has 8 heteroatoms. The molecule has 0 spiro atoms. The van der Waals surface area contributed by atoms with Gasteiger partial charge in [-0.25, -0.2) is 13.4 Å². The zero-order valence-corrected chi connectivity index (χ0v) is 18.6. The van der Waals surface area contributed by atoms with Crippen LogP contribution >= 0.6 is 0 Å². The van der Waals surface area contributed by atoms with Gasteiger partial charge in [0.1, 0.15) is 18.0 Å². The number of aromatic nitrogens is 3. The molecular formula is C24H24N4O3S. The molecule has 7 nitrogen and oxygen atoms in total. The second-order valence-corrected chi connectivity index (χ2v) is 9.86. The van der Waals surface area contributed by atoms with Gasteiger partial charge >= 0.3 is 0 Å². The maximum Gasteiger partial charge on any atom is 0.243 e. The van der Waals surface area contributed by atoms with Crippen LogP contribution in [0.1, 0.15) is 24.2 Å².